The third kappa shape index (κ3) is 3.54. The Morgan fingerprint density at radius 3 is 2.39 bits per heavy atom. The molecule has 2 aromatic carbocycles. The third-order valence-corrected chi connectivity index (χ3v) is 4.12. The van der Waals surface area contributed by atoms with E-state index >= 15 is 0 Å². The van der Waals surface area contributed by atoms with E-state index in [9.17, 15) is 9.18 Å². The minimum Gasteiger partial charge on any atom is -0.365 e. The van der Waals surface area contributed by atoms with Crippen LogP contribution in [0, 0.1) is 5.82 Å². The number of aromatic nitrogens is 1. The molecule has 0 atom stereocenters. The lowest BCUT2D eigenvalue weighted by atomic mass is 10.1. The second kappa shape index (κ2) is 6.58. The number of hydrogen-bond donors (Lipinski definition) is 2. The van der Waals surface area contributed by atoms with E-state index in [1.54, 1.807) is 0 Å². The molecule has 1 amide bonds. The van der Waals surface area contributed by atoms with Crippen LogP contribution in [0.3, 0.4) is 0 Å². The third-order valence-electron chi connectivity index (χ3n) is 3.26. The molecule has 6 heteroatoms. The molecule has 0 aliphatic rings. The molecule has 2 N–H and O–H groups in total. The van der Waals surface area contributed by atoms with Gasteiger partial charge in [-0.1, -0.05) is 12.1 Å². The molecule has 1 aromatic heterocycles. The lowest BCUT2D eigenvalue weighted by Crippen LogP contribution is -2.11. The van der Waals surface area contributed by atoms with Crippen molar-refractivity contribution in [2.45, 2.75) is 0 Å². The number of anilines is 2. The SMILES string of the molecule is CNc1nc(-c2ccc(NC(=O)c3ccc(F)cc3)cc2)cs1. The molecule has 0 unspecified atom stereocenters. The van der Waals surface area contributed by atoms with Crippen LogP contribution in [0.2, 0.25) is 0 Å². The molecule has 0 fully saturated rings. The molecular formula is C17H14FN3OS. The van der Waals surface area contributed by atoms with E-state index in [-0.39, 0.29) is 11.7 Å². The molecule has 23 heavy (non-hydrogen) atoms. The number of nitrogens with one attached hydrogen (secondary N) is 2. The number of carbonyl (C=O) groups is 1. The molecule has 0 saturated carbocycles. The number of carbonyl (C=O) groups excluding carboxylic acids is 1. The highest BCUT2D eigenvalue weighted by Crippen LogP contribution is 2.25. The van der Waals surface area contributed by atoms with Gasteiger partial charge in [-0.3, -0.25) is 4.79 Å². The van der Waals surface area contributed by atoms with Gasteiger partial charge in [0.05, 0.1) is 5.69 Å². The van der Waals surface area contributed by atoms with Crippen molar-refractivity contribution in [3.05, 3.63) is 65.3 Å². The zero-order chi connectivity index (χ0) is 16.2. The van der Waals surface area contributed by atoms with Gasteiger partial charge in [0.1, 0.15) is 5.82 Å². The highest BCUT2D eigenvalue weighted by Gasteiger charge is 2.07. The predicted octanol–water partition coefficient (Wildman–Crippen LogP) is 4.24. The molecule has 0 spiro atoms. The smallest absolute Gasteiger partial charge is 0.255 e. The van der Waals surface area contributed by atoms with Crippen LogP contribution in [-0.2, 0) is 0 Å². The van der Waals surface area contributed by atoms with Crippen molar-refractivity contribution in [2.24, 2.45) is 0 Å². The summed E-state index contributed by atoms with van der Waals surface area (Å²) in [7, 11) is 1.83. The molecule has 0 aliphatic heterocycles. The van der Waals surface area contributed by atoms with E-state index in [1.807, 2.05) is 36.7 Å². The lowest BCUT2D eigenvalue weighted by Gasteiger charge is -2.06. The van der Waals surface area contributed by atoms with Crippen molar-refractivity contribution >= 4 is 28.1 Å². The van der Waals surface area contributed by atoms with E-state index in [0.29, 0.717) is 11.3 Å². The molecule has 0 bridgehead atoms. The van der Waals surface area contributed by atoms with E-state index in [4.69, 9.17) is 0 Å². The molecule has 4 nitrogen and oxygen atoms in total. The van der Waals surface area contributed by atoms with Crippen LogP contribution in [-0.4, -0.2) is 17.9 Å². The summed E-state index contributed by atoms with van der Waals surface area (Å²) < 4.78 is 12.9. The van der Waals surface area contributed by atoms with Crippen LogP contribution < -0.4 is 10.6 Å². The monoisotopic (exact) mass is 327 g/mol. The largest absolute Gasteiger partial charge is 0.365 e. The average molecular weight is 327 g/mol. The molecule has 0 saturated heterocycles. The van der Waals surface area contributed by atoms with E-state index in [1.165, 1.54) is 35.6 Å². The molecule has 0 aliphatic carbocycles. The van der Waals surface area contributed by atoms with E-state index < -0.39 is 0 Å². The van der Waals surface area contributed by atoms with E-state index in [0.717, 1.165) is 16.4 Å². The maximum atomic E-state index is 12.9. The van der Waals surface area contributed by atoms with Gasteiger partial charge in [-0.05, 0) is 36.4 Å². The number of benzene rings is 2. The van der Waals surface area contributed by atoms with Crippen molar-refractivity contribution in [3.8, 4) is 11.3 Å². The maximum Gasteiger partial charge on any atom is 0.255 e. The summed E-state index contributed by atoms with van der Waals surface area (Å²) in [5, 5.41) is 8.61. The predicted molar refractivity (Wildman–Crippen MR) is 91.4 cm³/mol. The van der Waals surface area contributed by atoms with Gasteiger partial charge in [0.25, 0.3) is 5.91 Å². The summed E-state index contributed by atoms with van der Waals surface area (Å²) in [6, 6.07) is 12.9. The number of hydrogen-bond acceptors (Lipinski definition) is 4. The standard InChI is InChI=1S/C17H14FN3OS/c1-19-17-21-15(10-23-17)11-4-8-14(9-5-11)20-16(22)12-2-6-13(18)7-3-12/h2-10H,1H3,(H,19,21)(H,20,22). The van der Waals surface area contributed by atoms with Gasteiger partial charge >= 0.3 is 0 Å². The van der Waals surface area contributed by atoms with Crippen LogP contribution >= 0.6 is 11.3 Å². The number of nitrogens with zero attached hydrogens (tertiary/aromatic N) is 1. The van der Waals surface area contributed by atoms with Crippen LogP contribution in [0.15, 0.2) is 53.9 Å². The Balaban J connectivity index is 1.72. The zero-order valence-corrected chi connectivity index (χ0v) is 13.2. The van der Waals surface area contributed by atoms with Crippen molar-refractivity contribution in [1.82, 2.24) is 4.98 Å². The Morgan fingerprint density at radius 2 is 1.78 bits per heavy atom. The van der Waals surface area contributed by atoms with Crippen molar-refractivity contribution in [3.63, 3.8) is 0 Å². The zero-order valence-electron chi connectivity index (χ0n) is 12.3. The van der Waals surface area contributed by atoms with Crippen molar-refractivity contribution < 1.29 is 9.18 Å². The number of thiazole rings is 1. The first-order valence-corrected chi connectivity index (χ1v) is 7.84. The summed E-state index contributed by atoms with van der Waals surface area (Å²) in [6.45, 7) is 0. The molecule has 3 rings (SSSR count). The van der Waals surface area contributed by atoms with Gasteiger partial charge in [-0.15, -0.1) is 11.3 Å². The quantitative estimate of drug-likeness (QED) is 0.753. The van der Waals surface area contributed by atoms with E-state index in [2.05, 4.69) is 15.6 Å². The van der Waals surface area contributed by atoms with Gasteiger partial charge in [-0.25, -0.2) is 9.37 Å². The molecule has 1 heterocycles. The second-order valence-electron chi connectivity index (χ2n) is 4.83. The summed E-state index contributed by atoms with van der Waals surface area (Å²) in [5.74, 6) is -0.640. The summed E-state index contributed by atoms with van der Waals surface area (Å²) >= 11 is 1.54. The minimum atomic E-state index is -0.366. The highest BCUT2D eigenvalue weighted by molar-refractivity contribution is 7.14. The van der Waals surface area contributed by atoms with Crippen LogP contribution in [0.25, 0.3) is 11.3 Å². The molecule has 3 aromatic rings. The van der Waals surface area contributed by atoms with Crippen LogP contribution in [0.5, 0.6) is 0 Å². The van der Waals surface area contributed by atoms with Gasteiger partial charge < -0.3 is 10.6 Å². The number of amides is 1. The summed E-state index contributed by atoms with van der Waals surface area (Å²) in [5.41, 5.74) is 2.94. The first-order valence-electron chi connectivity index (χ1n) is 6.96. The Labute approximate surface area is 137 Å². The summed E-state index contributed by atoms with van der Waals surface area (Å²) in [4.78, 5) is 16.5. The fourth-order valence-electron chi connectivity index (χ4n) is 2.05. The Kier molecular flexibility index (Phi) is 4.34. The van der Waals surface area contributed by atoms with Crippen molar-refractivity contribution in [2.75, 3.05) is 17.7 Å². The Bertz CT molecular complexity index is 813. The highest BCUT2D eigenvalue weighted by atomic mass is 32.1. The molecule has 0 radical (unpaired) electrons. The maximum absolute atomic E-state index is 12.9. The van der Waals surface area contributed by atoms with Gasteiger partial charge in [0.2, 0.25) is 0 Å². The second-order valence-corrected chi connectivity index (χ2v) is 5.68. The van der Waals surface area contributed by atoms with Gasteiger partial charge in [0, 0.05) is 29.2 Å². The topological polar surface area (TPSA) is 54.0 Å². The average Bonchev–Trinajstić information content (AvgIpc) is 3.05. The Morgan fingerprint density at radius 1 is 1.09 bits per heavy atom. The summed E-state index contributed by atoms with van der Waals surface area (Å²) in [6.07, 6.45) is 0. The fourth-order valence-corrected chi connectivity index (χ4v) is 2.73. The van der Waals surface area contributed by atoms with Gasteiger partial charge in [0.15, 0.2) is 5.13 Å². The number of halogens is 1. The van der Waals surface area contributed by atoms with Crippen molar-refractivity contribution in [1.29, 1.82) is 0 Å². The molecule has 116 valence electrons. The van der Waals surface area contributed by atoms with Crippen LogP contribution in [0.1, 0.15) is 10.4 Å². The minimum absolute atomic E-state index is 0.274. The van der Waals surface area contributed by atoms with Crippen LogP contribution in [0.4, 0.5) is 15.2 Å². The fraction of sp³-hybridized carbons (Fsp3) is 0.0588. The Hall–Kier alpha value is -2.73. The first-order chi connectivity index (χ1) is 11.2. The number of rotatable bonds is 4. The first kappa shape index (κ1) is 15.2. The lowest BCUT2D eigenvalue weighted by molar-refractivity contribution is 0.102. The molecular weight excluding hydrogens is 313 g/mol. The van der Waals surface area contributed by atoms with Gasteiger partial charge in [-0.2, -0.15) is 0 Å². The normalized spacial score (nSPS) is 10.3.